The highest BCUT2D eigenvalue weighted by Gasteiger charge is 2.34. The van der Waals surface area contributed by atoms with Crippen LogP contribution in [0.2, 0.25) is 0 Å². The maximum Gasteiger partial charge on any atom is 0.311 e. The number of carboxylic acid groups (broad SMARTS) is 1. The summed E-state index contributed by atoms with van der Waals surface area (Å²) in [6.45, 7) is 0.703. The smallest absolute Gasteiger partial charge is 0.311 e. The Morgan fingerprint density at radius 2 is 2.57 bits per heavy atom. The van der Waals surface area contributed by atoms with Gasteiger partial charge in [-0.2, -0.15) is 0 Å². The van der Waals surface area contributed by atoms with Crippen LogP contribution in [0, 0.1) is 5.92 Å². The summed E-state index contributed by atoms with van der Waals surface area (Å²) in [6, 6.07) is -0.168. The van der Waals surface area contributed by atoms with Crippen LogP contribution in [0.1, 0.15) is 0 Å². The Bertz CT molecular complexity index is 314. The predicted molar refractivity (Wildman–Crippen MR) is 51.5 cm³/mol. The number of carbonyl (C=O) groups is 1. The zero-order chi connectivity index (χ0) is 9.97. The van der Waals surface area contributed by atoms with Crippen LogP contribution in [0.5, 0.6) is 0 Å². The summed E-state index contributed by atoms with van der Waals surface area (Å²) < 4.78 is 5.11. The first-order valence-corrected chi connectivity index (χ1v) is 5.12. The lowest BCUT2D eigenvalue weighted by atomic mass is 10.1. The maximum atomic E-state index is 10.8. The van der Waals surface area contributed by atoms with Crippen molar-refractivity contribution >= 4 is 22.4 Å². The third-order valence-corrected chi connectivity index (χ3v) is 2.84. The van der Waals surface area contributed by atoms with Crippen molar-refractivity contribution in [3.63, 3.8) is 0 Å². The Morgan fingerprint density at radius 1 is 1.71 bits per heavy atom. The molecule has 2 atom stereocenters. The van der Waals surface area contributed by atoms with Crippen LogP contribution in [-0.4, -0.2) is 35.3 Å². The molecule has 0 aliphatic carbocycles. The Hall–Kier alpha value is -1.14. The van der Waals surface area contributed by atoms with Crippen LogP contribution in [0.25, 0.3) is 0 Å². The van der Waals surface area contributed by atoms with Crippen LogP contribution in [-0.2, 0) is 9.53 Å². The molecule has 0 saturated carbocycles. The molecular formula is C8H10N2O3S. The highest BCUT2D eigenvalue weighted by Crippen LogP contribution is 2.20. The molecule has 2 unspecified atom stereocenters. The lowest BCUT2D eigenvalue weighted by Gasteiger charge is -2.14. The summed E-state index contributed by atoms with van der Waals surface area (Å²) >= 11 is 1.45. The van der Waals surface area contributed by atoms with Gasteiger partial charge in [-0.05, 0) is 0 Å². The van der Waals surface area contributed by atoms with Gasteiger partial charge >= 0.3 is 5.97 Å². The van der Waals surface area contributed by atoms with Crippen molar-refractivity contribution in [3.8, 4) is 0 Å². The SMILES string of the molecule is O=C(O)C1COCC1Nc1nccs1. The van der Waals surface area contributed by atoms with E-state index in [1.54, 1.807) is 6.20 Å². The number of anilines is 1. The van der Waals surface area contributed by atoms with Gasteiger partial charge in [0.2, 0.25) is 0 Å². The number of nitrogens with one attached hydrogen (secondary N) is 1. The fourth-order valence-corrected chi connectivity index (χ4v) is 1.99. The number of aliphatic carboxylic acids is 1. The number of carboxylic acids is 1. The molecule has 2 N–H and O–H groups in total. The molecule has 2 rings (SSSR count). The van der Waals surface area contributed by atoms with Gasteiger partial charge in [-0.1, -0.05) is 0 Å². The lowest BCUT2D eigenvalue weighted by Crippen LogP contribution is -2.33. The van der Waals surface area contributed by atoms with E-state index in [0.717, 1.165) is 5.13 Å². The second kappa shape index (κ2) is 3.93. The molecule has 0 amide bonds. The van der Waals surface area contributed by atoms with Crippen LogP contribution in [0.3, 0.4) is 0 Å². The molecule has 0 bridgehead atoms. The van der Waals surface area contributed by atoms with Crippen molar-refractivity contribution in [2.75, 3.05) is 18.5 Å². The predicted octanol–water partition coefficient (Wildman–Crippen LogP) is 0.655. The number of hydrogen-bond donors (Lipinski definition) is 2. The molecular weight excluding hydrogens is 204 g/mol. The van der Waals surface area contributed by atoms with Crippen molar-refractivity contribution in [3.05, 3.63) is 11.6 Å². The minimum Gasteiger partial charge on any atom is -0.481 e. The van der Waals surface area contributed by atoms with Gasteiger partial charge in [-0.25, -0.2) is 4.98 Å². The third kappa shape index (κ3) is 1.85. The van der Waals surface area contributed by atoms with Crippen molar-refractivity contribution in [1.29, 1.82) is 0 Å². The standard InChI is InChI=1S/C8H10N2O3S/c11-7(12)5-3-13-4-6(5)10-8-9-1-2-14-8/h1-2,5-6H,3-4H2,(H,9,10)(H,11,12). The Morgan fingerprint density at radius 3 is 3.21 bits per heavy atom. The zero-order valence-corrected chi connectivity index (χ0v) is 8.16. The summed E-state index contributed by atoms with van der Waals surface area (Å²) in [6.07, 6.45) is 1.68. The fraction of sp³-hybridized carbons (Fsp3) is 0.500. The Balaban J connectivity index is 2.00. The molecule has 0 radical (unpaired) electrons. The number of hydrogen-bond acceptors (Lipinski definition) is 5. The second-order valence-electron chi connectivity index (χ2n) is 3.07. The zero-order valence-electron chi connectivity index (χ0n) is 7.34. The van der Waals surface area contributed by atoms with Gasteiger partial charge in [0, 0.05) is 11.6 Å². The molecule has 76 valence electrons. The Labute approximate surface area is 84.7 Å². The lowest BCUT2D eigenvalue weighted by molar-refractivity contribution is -0.141. The first-order chi connectivity index (χ1) is 6.77. The van der Waals surface area contributed by atoms with E-state index >= 15 is 0 Å². The molecule has 0 aromatic carbocycles. The quantitative estimate of drug-likeness (QED) is 0.773. The second-order valence-corrected chi connectivity index (χ2v) is 3.96. The number of ether oxygens (including phenoxy) is 1. The van der Waals surface area contributed by atoms with E-state index in [0.29, 0.717) is 6.61 Å². The summed E-state index contributed by atoms with van der Waals surface area (Å²) in [5.74, 6) is -1.30. The molecule has 14 heavy (non-hydrogen) atoms. The average Bonchev–Trinajstić information content (AvgIpc) is 2.75. The molecule has 1 aliphatic rings. The monoisotopic (exact) mass is 214 g/mol. The molecule has 1 aliphatic heterocycles. The van der Waals surface area contributed by atoms with Gasteiger partial charge in [-0.15, -0.1) is 11.3 Å². The van der Waals surface area contributed by atoms with Crippen molar-refractivity contribution in [1.82, 2.24) is 4.98 Å². The van der Waals surface area contributed by atoms with Crippen LogP contribution < -0.4 is 5.32 Å². The summed E-state index contributed by atoms with van der Waals surface area (Å²) in [5.41, 5.74) is 0. The first-order valence-electron chi connectivity index (χ1n) is 4.24. The van der Waals surface area contributed by atoms with Gasteiger partial charge in [0.1, 0.15) is 5.92 Å². The van der Waals surface area contributed by atoms with E-state index < -0.39 is 11.9 Å². The van der Waals surface area contributed by atoms with E-state index in [2.05, 4.69) is 10.3 Å². The minimum absolute atomic E-state index is 0.168. The van der Waals surface area contributed by atoms with E-state index in [9.17, 15) is 4.79 Å². The topological polar surface area (TPSA) is 71.5 Å². The van der Waals surface area contributed by atoms with Gasteiger partial charge in [0.25, 0.3) is 0 Å². The van der Waals surface area contributed by atoms with Gasteiger partial charge in [-0.3, -0.25) is 4.79 Å². The van der Waals surface area contributed by atoms with E-state index in [1.165, 1.54) is 11.3 Å². The number of aromatic nitrogens is 1. The summed E-state index contributed by atoms with van der Waals surface area (Å²) in [7, 11) is 0. The van der Waals surface area contributed by atoms with E-state index in [1.807, 2.05) is 5.38 Å². The number of nitrogens with zero attached hydrogens (tertiary/aromatic N) is 1. The Kier molecular flexibility index (Phi) is 2.64. The molecule has 1 fully saturated rings. The summed E-state index contributed by atoms with van der Waals surface area (Å²) in [5, 5.41) is 14.5. The highest BCUT2D eigenvalue weighted by atomic mass is 32.1. The van der Waals surface area contributed by atoms with Crippen LogP contribution >= 0.6 is 11.3 Å². The molecule has 0 spiro atoms. The first kappa shape index (κ1) is 9.42. The van der Waals surface area contributed by atoms with Gasteiger partial charge in [0.05, 0.1) is 19.3 Å². The van der Waals surface area contributed by atoms with Crippen molar-refractivity contribution < 1.29 is 14.6 Å². The number of rotatable bonds is 3. The van der Waals surface area contributed by atoms with Crippen molar-refractivity contribution in [2.45, 2.75) is 6.04 Å². The molecule has 5 nitrogen and oxygen atoms in total. The molecule has 1 saturated heterocycles. The van der Waals surface area contributed by atoms with E-state index in [4.69, 9.17) is 9.84 Å². The number of thiazole rings is 1. The molecule has 6 heteroatoms. The normalized spacial score (nSPS) is 26.3. The largest absolute Gasteiger partial charge is 0.481 e. The third-order valence-electron chi connectivity index (χ3n) is 2.14. The van der Waals surface area contributed by atoms with E-state index in [-0.39, 0.29) is 12.6 Å². The van der Waals surface area contributed by atoms with Crippen LogP contribution in [0.15, 0.2) is 11.6 Å². The average molecular weight is 214 g/mol. The molecule has 1 aromatic rings. The maximum absolute atomic E-state index is 10.8. The van der Waals surface area contributed by atoms with Crippen LogP contribution in [0.4, 0.5) is 5.13 Å². The molecule has 1 aromatic heterocycles. The fourth-order valence-electron chi connectivity index (χ4n) is 1.39. The summed E-state index contributed by atoms with van der Waals surface area (Å²) in [4.78, 5) is 14.8. The molecule has 2 heterocycles. The van der Waals surface area contributed by atoms with Gasteiger partial charge < -0.3 is 15.2 Å². The minimum atomic E-state index is -0.823. The van der Waals surface area contributed by atoms with Gasteiger partial charge in [0.15, 0.2) is 5.13 Å². The van der Waals surface area contributed by atoms with Crippen molar-refractivity contribution in [2.24, 2.45) is 5.92 Å². The highest BCUT2D eigenvalue weighted by molar-refractivity contribution is 7.13.